The number of hydrogen-bond donors (Lipinski definition) is 2. The lowest BCUT2D eigenvalue weighted by Gasteiger charge is -2.31. The number of thiophene rings is 1. The molecule has 2 heterocycles. The van der Waals surface area contributed by atoms with Gasteiger partial charge in [-0.3, -0.25) is 9.62 Å². The predicted molar refractivity (Wildman–Crippen MR) is 115 cm³/mol. The zero-order chi connectivity index (χ0) is 20.8. The fourth-order valence-electron chi connectivity index (χ4n) is 3.27. The van der Waals surface area contributed by atoms with Crippen LogP contribution in [0, 0.1) is 0 Å². The van der Waals surface area contributed by atoms with E-state index in [0.29, 0.717) is 27.6 Å². The van der Waals surface area contributed by atoms with Crippen molar-refractivity contribution in [3.05, 3.63) is 57.9 Å². The SMILES string of the molecule is COc1ccc(S(=O)(=O)N2Cc3cccc(NC(=O)O)c3-c3sc(Br)cc32)cc1. The van der Waals surface area contributed by atoms with E-state index in [2.05, 4.69) is 21.2 Å². The molecule has 0 radical (unpaired) electrons. The summed E-state index contributed by atoms with van der Waals surface area (Å²) in [6.07, 6.45) is -1.18. The van der Waals surface area contributed by atoms with Gasteiger partial charge in [-0.2, -0.15) is 0 Å². The maximum absolute atomic E-state index is 13.4. The van der Waals surface area contributed by atoms with Gasteiger partial charge in [-0.25, -0.2) is 13.2 Å². The quantitative estimate of drug-likeness (QED) is 0.532. The number of carboxylic acid groups (broad SMARTS) is 1. The summed E-state index contributed by atoms with van der Waals surface area (Å²) in [7, 11) is -2.32. The minimum absolute atomic E-state index is 0.0923. The van der Waals surface area contributed by atoms with E-state index in [4.69, 9.17) is 9.84 Å². The molecule has 0 bridgehead atoms. The Morgan fingerprint density at radius 2 is 1.97 bits per heavy atom. The third-order valence-electron chi connectivity index (χ3n) is 4.53. The molecule has 4 rings (SSSR count). The number of amides is 1. The van der Waals surface area contributed by atoms with Crippen LogP contribution in [0.4, 0.5) is 16.2 Å². The summed E-state index contributed by atoms with van der Waals surface area (Å²) in [5.74, 6) is 0.566. The Labute approximate surface area is 179 Å². The summed E-state index contributed by atoms with van der Waals surface area (Å²) < 4.78 is 34.0. The summed E-state index contributed by atoms with van der Waals surface area (Å²) in [6, 6.07) is 13.1. The number of benzene rings is 2. The van der Waals surface area contributed by atoms with E-state index in [1.54, 1.807) is 36.4 Å². The van der Waals surface area contributed by atoms with Crippen molar-refractivity contribution >= 4 is 54.8 Å². The van der Waals surface area contributed by atoms with Crippen molar-refractivity contribution in [2.75, 3.05) is 16.7 Å². The molecule has 2 N–H and O–H groups in total. The van der Waals surface area contributed by atoms with E-state index in [1.165, 1.54) is 34.9 Å². The molecule has 1 amide bonds. The number of nitrogens with zero attached hydrogens (tertiary/aromatic N) is 1. The molecule has 0 saturated carbocycles. The molecule has 0 spiro atoms. The van der Waals surface area contributed by atoms with Gasteiger partial charge >= 0.3 is 6.09 Å². The van der Waals surface area contributed by atoms with Gasteiger partial charge in [0.2, 0.25) is 0 Å². The van der Waals surface area contributed by atoms with E-state index >= 15 is 0 Å². The fraction of sp³-hybridized carbons (Fsp3) is 0.105. The van der Waals surface area contributed by atoms with Crippen LogP contribution in [0.5, 0.6) is 5.75 Å². The summed E-state index contributed by atoms with van der Waals surface area (Å²) in [6.45, 7) is 0.0923. The van der Waals surface area contributed by atoms with Crippen molar-refractivity contribution in [1.82, 2.24) is 0 Å². The molecule has 1 aliphatic heterocycles. The fourth-order valence-corrected chi connectivity index (χ4v) is 6.45. The van der Waals surface area contributed by atoms with Crippen LogP contribution in [0.3, 0.4) is 0 Å². The van der Waals surface area contributed by atoms with Crippen LogP contribution in [0.15, 0.2) is 57.2 Å². The summed E-state index contributed by atoms with van der Waals surface area (Å²) >= 11 is 4.79. The van der Waals surface area contributed by atoms with Crippen molar-refractivity contribution in [3.63, 3.8) is 0 Å². The van der Waals surface area contributed by atoms with Crippen LogP contribution in [0.1, 0.15) is 5.56 Å². The molecule has 0 fully saturated rings. The molecule has 7 nitrogen and oxygen atoms in total. The number of anilines is 2. The third-order valence-corrected chi connectivity index (χ3v) is 7.95. The van der Waals surface area contributed by atoms with Gasteiger partial charge in [0.1, 0.15) is 5.75 Å². The van der Waals surface area contributed by atoms with Crippen LogP contribution in [0.2, 0.25) is 0 Å². The van der Waals surface area contributed by atoms with E-state index < -0.39 is 16.1 Å². The van der Waals surface area contributed by atoms with Crippen LogP contribution in [0.25, 0.3) is 10.4 Å². The summed E-state index contributed by atoms with van der Waals surface area (Å²) in [5.41, 5.74) is 2.34. The number of carbonyl (C=O) groups is 1. The normalized spacial score (nSPS) is 12.8. The van der Waals surface area contributed by atoms with Crippen molar-refractivity contribution in [2.45, 2.75) is 11.4 Å². The molecular weight excluding hydrogens is 480 g/mol. The lowest BCUT2D eigenvalue weighted by atomic mass is 9.99. The Bertz CT molecular complexity index is 1210. The van der Waals surface area contributed by atoms with Gasteiger partial charge in [0.05, 0.1) is 38.6 Å². The van der Waals surface area contributed by atoms with E-state index in [-0.39, 0.29) is 11.4 Å². The number of fused-ring (bicyclic) bond motifs is 3. The highest BCUT2D eigenvalue weighted by molar-refractivity contribution is 9.11. The molecule has 10 heteroatoms. The molecular formula is C19H15BrN2O5S2. The molecule has 1 aromatic heterocycles. The second-order valence-corrected chi connectivity index (χ2v) is 10.5. The van der Waals surface area contributed by atoms with E-state index in [1.807, 2.05) is 0 Å². The molecule has 29 heavy (non-hydrogen) atoms. The van der Waals surface area contributed by atoms with Gasteiger partial charge in [0, 0.05) is 5.56 Å². The lowest BCUT2D eigenvalue weighted by Crippen LogP contribution is -2.32. The zero-order valence-electron chi connectivity index (χ0n) is 15.0. The second kappa shape index (κ2) is 7.36. The first-order valence-electron chi connectivity index (χ1n) is 8.39. The Kier molecular flexibility index (Phi) is 5.01. The number of rotatable bonds is 4. The molecule has 3 aromatic rings. The Morgan fingerprint density at radius 3 is 2.62 bits per heavy atom. The minimum atomic E-state index is -3.84. The molecule has 0 aliphatic carbocycles. The first-order valence-corrected chi connectivity index (χ1v) is 11.4. The zero-order valence-corrected chi connectivity index (χ0v) is 18.3. The largest absolute Gasteiger partial charge is 0.497 e. The number of sulfonamides is 1. The maximum Gasteiger partial charge on any atom is 0.409 e. The predicted octanol–water partition coefficient (Wildman–Crippen LogP) is 4.99. The van der Waals surface area contributed by atoms with Gasteiger partial charge in [0.15, 0.2) is 0 Å². The maximum atomic E-state index is 13.4. The molecule has 150 valence electrons. The first-order chi connectivity index (χ1) is 13.8. The number of ether oxygens (including phenoxy) is 1. The Morgan fingerprint density at radius 1 is 1.24 bits per heavy atom. The number of hydrogen-bond acceptors (Lipinski definition) is 5. The van der Waals surface area contributed by atoms with Crippen molar-refractivity contribution < 1.29 is 23.1 Å². The average Bonchev–Trinajstić information content (AvgIpc) is 3.08. The smallest absolute Gasteiger partial charge is 0.409 e. The third kappa shape index (κ3) is 3.47. The van der Waals surface area contributed by atoms with Crippen molar-refractivity contribution in [2.24, 2.45) is 0 Å². The number of halogens is 1. The van der Waals surface area contributed by atoms with Gasteiger partial charge in [-0.1, -0.05) is 12.1 Å². The van der Waals surface area contributed by atoms with Crippen LogP contribution >= 0.6 is 27.3 Å². The average molecular weight is 495 g/mol. The van der Waals surface area contributed by atoms with E-state index in [0.717, 1.165) is 9.35 Å². The van der Waals surface area contributed by atoms with Crippen molar-refractivity contribution in [1.29, 1.82) is 0 Å². The van der Waals surface area contributed by atoms with Crippen LogP contribution in [-0.4, -0.2) is 26.7 Å². The monoisotopic (exact) mass is 494 g/mol. The summed E-state index contributed by atoms with van der Waals surface area (Å²) in [5, 5.41) is 11.6. The van der Waals surface area contributed by atoms with Crippen LogP contribution < -0.4 is 14.4 Å². The van der Waals surface area contributed by atoms with E-state index in [9.17, 15) is 13.2 Å². The molecule has 0 saturated heterocycles. The molecule has 1 aliphatic rings. The second-order valence-electron chi connectivity index (χ2n) is 6.22. The standard InChI is InChI=1S/C19H15BrN2O5S2/c1-27-12-5-7-13(8-6-12)29(25,26)22-10-11-3-2-4-14(21-19(23)24)17(11)18-15(22)9-16(20)28-18/h2-9,21H,10H2,1H3,(H,23,24). The lowest BCUT2D eigenvalue weighted by molar-refractivity contribution is 0.210. The minimum Gasteiger partial charge on any atom is -0.497 e. The molecule has 2 aromatic carbocycles. The summed E-state index contributed by atoms with van der Waals surface area (Å²) in [4.78, 5) is 12.0. The Hall–Kier alpha value is -2.56. The number of methoxy groups -OCH3 is 1. The molecule has 0 unspecified atom stereocenters. The van der Waals surface area contributed by atoms with Gasteiger partial charge in [0.25, 0.3) is 10.0 Å². The highest BCUT2D eigenvalue weighted by atomic mass is 79.9. The van der Waals surface area contributed by atoms with Gasteiger partial charge < -0.3 is 9.84 Å². The Balaban J connectivity index is 1.85. The highest BCUT2D eigenvalue weighted by Crippen LogP contribution is 2.50. The van der Waals surface area contributed by atoms with Crippen LogP contribution in [-0.2, 0) is 16.6 Å². The van der Waals surface area contributed by atoms with Gasteiger partial charge in [-0.05, 0) is 57.9 Å². The molecule has 0 atom stereocenters. The van der Waals surface area contributed by atoms with Gasteiger partial charge in [-0.15, -0.1) is 11.3 Å². The number of nitrogens with one attached hydrogen (secondary N) is 1. The highest BCUT2D eigenvalue weighted by Gasteiger charge is 2.34. The first kappa shape index (κ1) is 19.7. The topological polar surface area (TPSA) is 95.9 Å². The van der Waals surface area contributed by atoms with Crippen molar-refractivity contribution in [3.8, 4) is 16.2 Å².